The molecule has 0 aromatic heterocycles. The van der Waals surface area contributed by atoms with Crippen molar-refractivity contribution in [2.24, 2.45) is 5.92 Å². The fraction of sp³-hybridized carbons (Fsp3) is 0.385. The van der Waals surface area contributed by atoms with Crippen LogP contribution in [0.4, 0.5) is 0 Å². The Morgan fingerprint density at radius 2 is 1.71 bits per heavy atom. The van der Waals surface area contributed by atoms with E-state index in [4.69, 9.17) is 0 Å². The van der Waals surface area contributed by atoms with Gasteiger partial charge in [-0.25, -0.2) is 0 Å². The molecule has 1 aromatic rings. The van der Waals surface area contributed by atoms with Crippen molar-refractivity contribution in [3.05, 3.63) is 33.4 Å². The van der Waals surface area contributed by atoms with Crippen LogP contribution in [0.2, 0.25) is 0 Å². The number of rotatable bonds is 2. The number of carbonyl (C=O) groups is 2. The zero-order valence-electron chi connectivity index (χ0n) is 9.65. The standard InChI is InChI=1S/C13H14INO2/c1-9-6-12(16)15(13(17)7-9)8-10-2-4-11(14)5-3-10/h2-5,9H,6-8H2,1H3. The highest BCUT2D eigenvalue weighted by Gasteiger charge is 2.29. The van der Waals surface area contributed by atoms with Crippen molar-refractivity contribution in [2.45, 2.75) is 26.3 Å². The van der Waals surface area contributed by atoms with Crippen LogP contribution in [0.15, 0.2) is 24.3 Å². The molecule has 1 fully saturated rings. The molecule has 17 heavy (non-hydrogen) atoms. The van der Waals surface area contributed by atoms with Gasteiger partial charge in [-0.2, -0.15) is 0 Å². The highest BCUT2D eigenvalue weighted by molar-refractivity contribution is 14.1. The van der Waals surface area contributed by atoms with Crippen LogP contribution in [0.3, 0.4) is 0 Å². The van der Waals surface area contributed by atoms with Crippen molar-refractivity contribution < 1.29 is 9.59 Å². The average molecular weight is 343 g/mol. The van der Waals surface area contributed by atoms with E-state index >= 15 is 0 Å². The summed E-state index contributed by atoms with van der Waals surface area (Å²) in [6.45, 7) is 2.35. The molecule has 1 aromatic carbocycles. The van der Waals surface area contributed by atoms with E-state index in [0.717, 1.165) is 9.13 Å². The minimum absolute atomic E-state index is 0.0488. The molecular weight excluding hydrogens is 329 g/mol. The third-order valence-corrected chi connectivity index (χ3v) is 3.62. The molecule has 0 spiro atoms. The first-order valence-corrected chi connectivity index (χ1v) is 6.72. The molecule has 0 bridgehead atoms. The minimum Gasteiger partial charge on any atom is -0.278 e. The van der Waals surface area contributed by atoms with Crippen molar-refractivity contribution in [2.75, 3.05) is 0 Å². The summed E-state index contributed by atoms with van der Waals surface area (Å²) < 4.78 is 1.15. The van der Waals surface area contributed by atoms with Gasteiger partial charge in [0.05, 0.1) is 6.54 Å². The molecule has 3 nitrogen and oxygen atoms in total. The predicted octanol–water partition coefficient (Wildman–Crippen LogP) is 2.58. The van der Waals surface area contributed by atoms with Gasteiger partial charge in [0.1, 0.15) is 0 Å². The van der Waals surface area contributed by atoms with Crippen molar-refractivity contribution in [3.63, 3.8) is 0 Å². The number of benzene rings is 1. The average Bonchev–Trinajstić information content (AvgIpc) is 2.26. The molecule has 0 N–H and O–H groups in total. The van der Waals surface area contributed by atoms with Gasteiger partial charge in [-0.3, -0.25) is 14.5 Å². The van der Waals surface area contributed by atoms with Gasteiger partial charge in [0.2, 0.25) is 11.8 Å². The second-order valence-electron chi connectivity index (χ2n) is 4.51. The fourth-order valence-electron chi connectivity index (χ4n) is 1.98. The number of hydrogen-bond donors (Lipinski definition) is 0. The normalized spacial score (nSPS) is 17.6. The number of piperidine rings is 1. The summed E-state index contributed by atoms with van der Waals surface area (Å²) in [5, 5.41) is 0. The van der Waals surface area contributed by atoms with E-state index in [2.05, 4.69) is 22.6 Å². The lowest BCUT2D eigenvalue weighted by atomic mass is 9.97. The van der Waals surface area contributed by atoms with E-state index in [0.29, 0.717) is 19.4 Å². The van der Waals surface area contributed by atoms with E-state index in [1.54, 1.807) is 0 Å². The van der Waals surface area contributed by atoms with E-state index in [1.165, 1.54) is 4.90 Å². The lowest BCUT2D eigenvalue weighted by Crippen LogP contribution is -2.42. The number of hydrogen-bond acceptors (Lipinski definition) is 2. The topological polar surface area (TPSA) is 37.4 Å². The number of halogens is 1. The van der Waals surface area contributed by atoms with Crippen LogP contribution in [-0.2, 0) is 16.1 Å². The fourth-order valence-corrected chi connectivity index (χ4v) is 2.34. The number of likely N-dealkylation sites (tertiary alicyclic amines) is 1. The molecule has 0 radical (unpaired) electrons. The highest BCUT2D eigenvalue weighted by Crippen LogP contribution is 2.21. The quantitative estimate of drug-likeness (QED) is 0.611. The molecule has 1 heterocycles. The number of carbonyl (C=O) groups excluding carboxylic acids is 2. The first kappa shape index (κ1) is 12.5. The van der Waals surface area contributed by atoms with E-state index < -0.39 is 0 Å². The Morgan fingerprint density at radius 3 is 2.24 bits per heavy atom. The molecular formula is C13H14INO2. The van der Waals surface area contributed by atoms with Gasteiger partial charge in [-0.05, 0) is 46.2 Å². The minimum atomic E-state index is -0.0488. The third kappa shape index (κ3) is 3.06. The molecule has 2 rings (SSSR count). The van der Waals surface area contributed by atoms with Crippen molar-refractivity contribution in [3.8, 4) is 0 Å². The van der Waals surface area contributed by atoms with Gasteiger partial charge in [0, 0.05) is 16.4 Å². The highest BCUT2D eigenvalue weighted by atomic mass is 127. The van der Waals surface area contributed by atoms with Crippen LogP contribution >= 0.6 is 22.6 Å². The van der Waals surface area contributed by atoms with Crippen LogP contribution in [0.5, 0.6) is 0 Å². The van der Waals surface area contributed by atoms with Gasteiger partial charge < -0.3 is 0 Å². The summed E-state index contributed by atoms with van der Waals surface area (Å²) in [5.74, 6) is 0.0857. The molecule has 4 heteroatoms. The molecule has 1 aliphatic heterocycles. The molecule has 0 saturated carbocycles. The summed E-state index contributed by atoms with van der Waals surface area (Å²) in [7, 11) is 0. The monoisotopic (exact) mass is 343 g/mol. The largest absolute Gasteiger partial charge is 0.278 e. The SMILES string of the molecule is CC1CC(=O)N(Cc2ccc(I)cc2)C(=O)C1. The maximum Gasteiger partial charge on any atom is 0.229 e. The maximum absolute atomic E-state index is 11.8. The van der Waals surface area contributed by atoms with Crippen LogP contribution in [-0.4, -0.2) is 16.7 Å². The van der Waals surface area contributed by atoms with Gasteiger partial charge in [-0.1, -0.05) is 19.1 Å². The van der Waals surface area contributed by atoms with Gasteiger partial charge in [-0.15, -0.1) is 0 Å². The Morgan fingerprint density at radius 1 is 1.18 bits per heavy atom. The molecule has 90 valence electrons. The Hall–Kier alpha value is -0.910. The Kier molecular flexibility index (Phi) is 3.81. The summed E-state index contributed by atoms with van der Waals surface area (Å²) in [6, 6.07) is 7.88. The molecule has 0 unspecified atom stereocenters. The molecule has 2 amide bonds. The van der Waals surface area contributed by atoms with Crippen molar-refractivity contribution in [1.29, 1.82) is 0 Å². The number of amides is 2. The predicted molar refractivity (Wildman–Crippen MR) is 73.1 cm³/mol. The third-order valence-electron chi connectivity index (χ3n) is 2.90. The first-order valence-electron chi connectivity index (χ1n) is 5.64. The zero-order valence-corrected chi connectivity index (χ0v) is 11.8. The molecule has 0 atom stereocenters. The molecule has 0 aliphatic carbocycles. The zero-order chi connectivity index (χ0) is 12.4. The van der Waals surface area contributed by atoms with Gasteiger partial charge >= 0.3 is 0 Å². The maximum atomic E-state index is 11.8. The Labute approximate surface area is 114 Å². The summed E-state index contributed by atoms with van der Waals surface area (Å²) in [6.07, 6.45) is 0.965. The Bertz CT molecular complexity index is 423. The van der Waals surface area contributed by atoms with E-state index in [1.807, 2.05) is 31.2 Å². The second kappa shape index (κ2) is 5.16. The lowest BCUT2D eigenvalue weighted by molar-refractivity contribution is -0.150. The summed E-state index contributed by atoms with van der Waals surface area (Å²) >= 11 is 2.23. The summed E-state index contributed by atoms with van der Waals surface area (Å²) in [4.78, 5) is 25.0. The second-order valence-corrected chi connectivity index (χ2v) is 5.76. The van der Waals surface area contributed by atoms with Crippen molar-refractivity contribution in [1.82, 2.24) is 4.90 Å². The Balaban J connectivity index is 2.10. The van der Waals surface area contributed by atoms with Crippen LogP contribution in [0.1, 0.15) is 25.3 Å². The van der Waals surface area contributed by atoms with E-state index in [-0.39, 0.29) is 17.7 Å². The lowest BCUT2D eigenvalue weighted by Gasteiger charge is -2.28. The van der Waals surface area contributed by atoms with Gasteiger partial charge in [0.25, 0.3) is 0 Å². The van der Waals surface area contributed by atoms with Crippen LogP contribution in [0, 0.1) is 9.49 Å². The molecule has 1 saturated heterocycles. The summed E-state index contributed by atoms with van der Waals surface area (Å²) in [5.41, 5.74) is 1.00. The van der Waals surface area contributed by atoms with Crippen LogP contribution < -0.4 is 0 Å². The smallest absolute Gasteiger partial charge is 0.229 e. The number of imide groups is 1. The van der Waals surface area contributed by atoms with Crippen LogP contribution in [0.25, 0.3) is 0 Å². The van der Waals surface area contributed by atoms with Crippen molar-refractivity contribution >= 4 is 34.4 Å². The number of nitrogens with zero attached hydrogens (tertiary/aromatic N) is 1. The molecule has 1 aliphatic rings. The van der Waals surface area contributed by atoms with Gasteiger partial charge in [0.15, 0.2) is 0 Å². The van der Waals surface area contributed by atoms with E-state index in [9.17, 15) is 9.59 Å². The first-order chi connectivity index (χ1) is 8.06.